The number of carbonyl (C=O) groups excluding carboxylic acids is 1. The van der Waals surface area contributed by atoms with Crippen LogP contribution in [0.1, 0.15) is 102 Å². The van der Waals surface area contributed by atoms with E-state index < -0.39 is 0 Å². The number of nitrogens with zero attached hydrogens (tertiary/aromatic N) is 3. The molecule has 10 heteroatoms. The second kappa shape index (κ2) is 18.0. The van der Waals surface area contributed by atoms with E-state index in [4.69, 9.17) is 21.3 Å². The predicted octanol–water partition coefficient (Wildman–Crippen LogP) is 7.30. The lowest BCUT2D eigenvalue weighted by Gasteiger charge is -2.34. The van der Waals surface area contributed by atoms with Crippen molar-refractivity contribution in [2.75, 3.05) is 19.7 Å². The van der Waals surface area contributed by atoms with E-state index in [0.29, 0.717) is 35.1 Å². The maximum Gasteiger partial charge on any atom is 0.222 e. The number of likely N-dealkylation sites (tertiary alicyclic amines) is 1. The maximum atomic E-state index is 11.3. The number of pyridine rings is 1. The van der Waals surface area contributed by atoms with E-state index in [-0.39, 0.29) is 29.5 Å². The number of amides is 1. The number of carbonyl (C=O) groups is 1. The monoisotopic (exact) mass is 695 g/mol. The van der Waals surface area contributed by atoms with Crippen LogP contribution in [0.5, 0.6) is 5.75 Å². The number of hydrogen-bond acceptors (Lipinski definition) is 7. The second-order valence-electron chi connectivity index (χ2n) is 14.7. The molecule has 0 unspecified atom stereocenters. The number of allylic oxidation sites excluding steroid dienone is 1. The van der Waals surface area contributed by atoms with Gasteiger partial charge in [0.05, 0.1) is 11.9 Å². The Hall–Kier alpha value is -4.70. The molecule has 1 fully saturated rings. The summed E-state index contributed by atoms with van der Waals surface area (Å²) in [6.07, 6.45) is 9.75. The molecule has 2 heterocycles. The Balaban J connectivity index is 0.000000253. The molecule has 6 N–H and O–H groups in total. The summed E-state index contributed by atoms with van der Waals surface area (Å²) < 4.78 is 8.02. The summed E-state index contributed by atoms with van der Waals surface area (Å²) in [5.41, 5.74) is 11.4. The topological polar surface area (TPSA) is 153 Å². The average Bonchev–Trinajstić information content (AvgIpc) is 3.10. The van der Waals surface area contributed by atoms with Gasteiger partial charge in [0.2, 0.25) is 11.9 Å². The van der Waals surface area contributed by atoms with Crippen molar-refractivity contribution in [2.24, 2.45) is 22.1 Å². The molecule has 1 amide bonds. The van der Waals surface area contributed by atoms with Gasteiger partial charge in [0.1, 0.15) is 23.2 Å². The van der Waals surface area contributed by atoms with Gasteiger partial charge < -0.3 is 25.8 Å². The van der Waals surface area contributed by atoms with Crippen LogP contribution in [0.4, 0.5) is 5.69 Å². The van der Waals surface area contributed by atoms with E-state index in [9.17, 15) is 9.90 Å². The number of aliphatic hydroxyl groups is 1. The standard InChI is InChI=1S/C25H34N4O2.C16H23N3O/c1-2-5-19-8-10-23(22-7-4-3-6-21(19)22)31-20-9-11-24(26)29(16-20)25(27)28-14-12-18(17-30)13-15-28;1-11-6-8-13(9-7-11)19-15(18-12(2)20)10-14(17)16(3,4)5/h3-4,6-7,9,11,16,18-19,23,26-27,30H,2,5,8,10,12-15,17H2,1H3;6-10H,17H2,1-5H3,(H,18,19,20)/b;14-10-/t19-,23+;/m0./s1. The highest BCUT2D eigenvalue weighted by molar-refractivity contribution is 6.05. The molecule has 0 bridgehead atoms. The van der Waals surface area contributed by atoms with Crippen LogP contribution in [-0.4, -0.2) is 52.0 Å². The SMILES string of the molecule is CC(=O)NC(/C=C(\N)C(C)(C)C)=Nc1ccc(C)cc1.CCC[C@H]1CC[C@@H](Oc2ccc(=N)n(C(=N)N3CCC(CO)CC3)c2)c2ccccc21. The lowest BCUT2D eigenvalue weighted by atomic mass is 9.79. The molecule has 51 heavy (non-hydrogen) atoms. The molecule has 274 valence electrons. The number of aliphatic hydroxyl groups excluding tert-OH is 1. The van der Waals surface area contributed by atoms with Gasteiger partial charge in [0, 0.05) is 43.8 Å². The first-order chi connectivity index (χ1) is 24.3. The number of piperidine rings is 1. The fourth-order valence-electron chi connectivity index (χ4n) is 6.38. The minimum atomic E-state index is -0.174. The predicted molar refractivity (Wildman–Crippen MR) is 205 cm³/mol. The first kappa shape index (κ1) is 39.1. The molecule has 10 nitrogen and oxygen atoms in total. The van der Waals surface area contributed by atoms with E-state index in [1.807, 2.05) is 62.9 Å². The van der Waals surface area contributed by atoms with Gasteiger partial charge in [-0.3, -0.25) is 20.2 Å². The molecule has 0 radical (unpaired) electrons. The van der Waals surface area contributed by atoms with Crippen molar-refractivity contribution in [1.29, 1.82) is 10.8 Å². The highest BCUT2D eigenvalue weighted by atomic mass is 16.5. The number of nitrogens with two attached hydrogens (primary N) is 1. The van der Waals surface area contributed by atoms with Crippen molar-refractivity contribution in [2.45, 2.75) is 92.1 Å². The third-order valence-electron chi connectivity index (χ3n) is 9.54. The van der Waals surface area contributed by atoms with Crippen LogP contribution >= 0.6 is 0 Å². The molecule has 0 spiro atoms. The molecule has 2 aromatic carbocycles. The van der Waals surface area contributed by atoms with Crippen molar-refractivity contribution < 1.29 is 14.6 Å². The van der Waals surface area contributed by atoms with Crippen molar-refractivity contribution in [1.82, 2.24) is 14.8 Å². The average molecular weight is 696 g/mol. The summed E-state index contributed by atoms with van der Waals surface area (Å²) in [5.74, 6) is 2.21. The second-order valence-corrected chi connectivity index (χ2v) is 14.7. The Morgan fingerprint density at radius 1 is 1.04 bits per heavy atom. The maximum absolute atomic E-state index is 11.3. The third-order valence-corrected chi connectivity index (χ3v) is 9.54. The summed E-state index contributed by atoms with van der Waals surface area (Å²) >= 11 is 0. The van der Waals surface area contributed by atoms with E-state index in [0.717, 1.165) is 50.0 Å². The Labute approximate surface area is 303 Å². The molecular weight excluding hydrogens is 638 g/mol. The number of amidine groups is 1. The van der Waals surface area contributed by atoms with Crippen molar-refractivity contribution in [3.05, 3.63) is 101 Å². The number of aromatic nitrogens is 1. The lowest BCUT2D eigenvalue weighted by molar-refractivity contribution is -0.117. The van der Waals surface area contributed by atoms with Gasteiger partial charge in [0.15, 0.2) is 0 Å². The normalized spacial score (nSPS) is 18.3. The number of rotatable bonds is 7. The molecule has 1 saturated heterocycles. The Morgan fingerprint density at radius 3 is 2.31 bits per heavy atom. The molecule has 5 rings (SSSR count). The van der Waals surface area contributed by atoms with E-state index in [2.05, 4.69) is 41.5 Å². The zero-order chi connectivity index (χ0) is 37.1. The van der Waals surface area contributed by atoms with E-state index in [1.165, 1.54) is 30.9 Å². The molecule has 1 aliphatic heterocycles. The van der Waals surface area contributed by atoms with Crippen LogP contribution < -0.4 is 21.3 Å². The lowest BCUT2D eigenvalue weighted by Crippen LogP contribution is -2.44. The summed E-state index contributed by atoms with van der Waals surface area (Å²) in [4.78, 5) is 17.7. The quantitative estimate of drug-likeness (QED) is 0.130. The largest absolute Gasteiger partial charge is 0.484 e. The highest BCUT2D eigenvalue weighted by Gasteiger charge is 2.28. The zero-order valence-corrected chi connectivity index (χ0v) is 31.2. The van der Waals surface area contributed by atoms with Gasteiger partial charge in [-0.25, -0.2) is 4.99 Å². The first-order valence-corrected chi connectivity index (χ1v) is 18.2. The number of benzene rings is 2. The Kier molecular flexibility index (Phi) is 13.8. The first-order valence-electron chi connectivity index (χ1n) is 18.2. The fourth-order valence-corrected chi connectivity index (χ4v) is 6.38. The Bertz CT molecular complexity index is 1750. The minimum absolute atomic E-state index is 0.00354. The van der Waals surface area contributed by atoms with Gasteiger partial charge in [-0.2, -0.15) is 0 Å². The van der Waals surface area contributed by atoms with Crippen LogP contribution in [0.3, 0.4) is 0 Å². The number of nitrogens with one attached hydrogen (secondary N) is 3. The fraction of sp³-hybridized carbons (Fsp3) is 0.463. The van der Waals surface area contributed by atoms with Gasteiger partial charge in [-0.15, -0.1) is 0 Å². The number of ether oxygens (including phenoxy) is 1. The third kappa shape index (κ3) is 11.1. The zero-order valence-electron chi connectivity index (χ0n) is 31.2. The van der Waals surface area contributed by atoms with Crippen LogP contribution in [0.15, 0.2) is 83.6 Å². The summed E-state index contributed by atoms with van der Waals surface area (Å²) in [6.45, 7) is 13.4. The van der Waals surface area contributed by atoms with Crippen molar-refractivity contribution in [3.63, 3.8) is 0 Å². The molecule has 2 atom stereocenters. The molecule has 3 aromatic rings. The van der Waals surface area contributed by atoms with Gasteiger partial charge in [0.25, 0.3) is 0 Å². The van der Waals surface area contributed by atoms with E-state index in [1.54, 1.807) is 22.9 Å². The van der Waals surface area contributed by atoms with Gasteiger partial charge in [-0.05, 0) is 86.3 Å². The molecule has 2 aliphatic rings. The highest BCUT2D eigenvalue weighted by Crippen LogP contribution is 2.41. The molecular formula is C41H57N7O3. The number of fused-ring (bicyclic) bond motifs is 1. The smallest absolute Gasteiger partial charge is 0.222 e. The van der Waals surface area contributed by atoms with Crippen molar-refractivity contribution >= 4 is 23.4 Å². The minimum Gasteiger partial charge on any atom is -0.484 e. The van der Waals surface area contributed by atoms with E-state index >= 15 is 0 Å². The van der Waals surface area contributed by atoms with Crippen LogP contribution in [0.25, 0.3) is 0 Å². The molecule has 1 aromatic heterocycles. The Morgan fingerprint density at radius 2 is 1.71 bits per heavy atom. The summed E-state index contributed by atoms with van der Waals surface area (Å²) in [6, 6.07) is 19.9. The molecule has 1 aliphatic carbocycles. The number of aryl methyl sites for hydroxylation is 1. The van der Waals surface area contributed by atoms with Gasteiger partial charge in [-0.1, -0.05) is 76.1 Å². The van der Waals surface area contributed by atoms with Crippen LogP contribution in [-0.2, 0) is 4.79 Å². The number of aliphatic imine (C=N–C) groups is 1. The van der Waals surface area contributed by atoms with Crippen LogP contribution in [0.2, 0.25) is 0 Å². The number of hydrogen-bond donors (Lipinski definition) is 5. The summed E-state index contributed by atoms with van der Waals surface area (Å²) in [5, 5.41) is 29.0. The van der Waals surface area contributed by atoms with Crippen LogP contribution in [0, 0.1) is 29.1 Å². The summed E-state index contributed by atoms with van der Waals surface area (Å²) in [7, 11) is 0. The van der Waals surface area contributed by atoms with Crippen molar-refractivity contribution in [3.8, 4) is 5.75 Å². The van der Waals surface area contributed by atoms with Gasteiger partial charge >= 0.3 is 0 Å². The molecule has 0 saturated carbocycles.